The maximum atomic E-state index is 14.7. The Bertz CT molecular complexity index is 2100. The largest absolute Gasteiger partial charge is 0.507 e. The summed E-state index contributed by atoms with van der Waals surface area (Å²) in [5.41, 5.74) is -0.717. The second-order valence-electron chi connectivity index (χ2n) is 12.3. The smallest absolute Gasteiger partial charge is 0.415 e. The number of hydrogen-bond donors (Lipinski definition) is 2. The first kappa shape index (κ1) is 29.6. The van der Waals surface area contributed by atoms with Crippen LogP contribution in [0.4, 0.5) is 10.5 Å². The van der Waals surface area contributed by atoms with Crippen molar-refractivity contribution in [1.29, 1.82) is 0 Å². The molecule has 8 heteroatoms. The molecule has 0 saturated carbocycles. The van der Waals surface area contributed by atoms with Crippen molar-refractivity contribution in [2.75, 3.05) is 11.5 Å². The van der Waals surface area contributed by atoms with Crippen LogP contribution in [0, 0.1) is 36.5 Å². The molecule has 0 unspecified atom stereocenters. The average molecular weight is 614 g/mol. The van der Waals surface area contributed by atoms with Crippen LogP contribution in [0.15, 0.2) is 55.1 Å². The molecule has 3 aromatic rings. The van der Waals surface area contributed by atoms with E-state index in [1.54, 1.807) is 12.1 Å². The molecule has 1 fully saturated rings. The number of hydrogen-bond acceptors (Lipinski definition) is 7. The molecule has 2 bridgehead atoms. The van der Waals surface area contributed by atoms with Crippen LogP contribution >= 0.6 is 0 Å². The average Bonchev–Trinajstić information content (AvgIpc) is 3.76. The number of benzene rings is 3. The zero-order chi connectivity index (χ0) is 32.7. The predicted molar refractivity (Wildman–Crippen MR) is 172 cm³/mol. The third kappa shape index (κ3) is 3.69. The highest BCUT2D eigenvalue weighted by Crippen LogP contribution is 2.70. The summed E-state index contributed by atoms with van der Waals surface area (Å²) < 4.78 is 12.1. The minimum Gasteiger partial charge on any atom is -0.507 e. The van der Waals surface area contributed by atoms with Gasteiger partial charge < -0.3 is 19.7 Å². The maximum Gasteiger partial charge on any atom is 0.415 e. The SMILES string of the molecule is C=CCOC(=O)N1c2c(cc(O)c3c2C(=O)c2cc4cc(CC)c(C)cc4cc2C3=O)[C@@]23O[C@@]2(C(C)C)[C@@H]1C#C/C=C\C#C[C@@H]3O. The number of anilines is 1. The van der Waals surface area contributed by atoms with E-state index in [-0.39, 0.29) is 46.0 Å². The molecule has 2 aliphatic heterocycles. The lowest BCUT2D eigenvalue weighted by molar-refractivity contribution is 0.0975. The summed E-state index contributed by atoms with van der Waals surface area (Å²) in [5.74, 6) is 9.68. The van der Waals surface area contributed by atoms with Gasteiger partial charge in [0.25, 0.3) is 0 Å². The van der Waals surface area contributed by atoms with E-state index < -0.39 is 46.8 Å². The van der Waals surface area contributed by atoms with E-state index in [9.17, 15) is 24.6 Å². The number of carbonyl (C=O) groups is 3. The number of phenols is 1. The van der Waals surface area contributed by atoms with Crippen LogP contribution in [0.5, 0.6) is 5.75 Å². The van der Waals surface area contributed by atoms with Crippen LogP contribution in [0.25, 0.3) is 10.8 Å². The molecule has 230 valence electrons. The lowest BCUT2D eigenvalue weighted by atomic mass is 9.67. The number of nitrogens with zero attached hydrogens (tertiary/aromatic N) is 1. The number of ketones is 2. The molecule has 0 radical (unpaired) electrons. The van der Waals surface area contributed by atoms with Crippen LogP contribution < -0.4 is 4.90 Å². The molecule has 8 nitrogen and oxygen atoms in total. The first-order chi connectivity index (χ1) is 22.0. The lowest BCUT2D eigenvalue weighted by Crippen LogP contribution is -2.59. The van der Waals surface area contributed by atoms with Gasteiger partial charge in [0.2, 0.25) is 0 Å². The van der Waals surface area contributed by atoms with Crippen molar-refractivity contribution in [2.24, 2.45) is 5.92 Å². The van der Waals surface area contributed by atoms with Gasteiger partial charge in [0.05, 0.1) is 16.8 Å². The first-order valence-corrected chi connectivity index (χ1v) is 15.2. The van der Waals surface area contributed by atoms with E-state index in [0.717, 1.165) is 28.3 Å². The van der Waals surface area contributed by atoms with Gasteiger partial charge in [-0.15, -0.1) is 0 Å². The molecule has 4 aliphatic rings. The highest BCUT2D eigenvalue weighted by Gasteiger charge is 2.83. The predicted octanol–water partition coefficient (Wildman–Crippen LogP) is 5.26. The molecule has 0 spiro atoms. The summed E-state index contributed by atoms with van der Waals surface area (Å²) in [4.78, 5) is 44.2. The summed E-state index contributed by atoms with van der Waals surface area (Å²) in [6.45, 7) is 11.3. The minimum absolute atomic E-state index is 0.0115. The Hall–Kier alpha value is -5.15. The third-order valence-corrected chi connectivity index (χ3v) is 9.66. The topological polar surface area (TPSA) is 117 Å². The molecule has 7 rings (SSSR count). The number of ether oxygens (including phenoxy) is 2. The Labute approximate surface area is 266 Å². The van der Waals surface area contributed by atoms with Gasteiger partial charge in [-0.05, 0) is 71.5 Å². The summed E-state index contributed by atoms with van der Waals surface area (Å²) in [6.07, 6.45) is 2.89. The van der Waals surface area contributed by atoms with Crippen molar-refractivity contribution in [1.82, 2.24) is 0 Å². The van der Waals surface area contributed by atoms with Crippen molar-refractivity contribution in [3.05, 3.63) is 94.1 Å². The highest BCUT2D eigenvalue weighted by molar-refractivity contribution is 6.33. The van der Waals surface area contributed by atoms with E-state index in [0.29, 0.717) is 0 Å². The number of aryl methyl sites for hydroxylation is 2. The summed E-state index contributed by atoms with van der Waals surface area (Å²) in [6, 6.07) is 7.59. The van der Waals surface area contributed by atoms with Crippen molar-refractivity contribution in [3.63, 3.8) is 0 Å². The number of rotatable bonds is 4. The molecule has 46 heavy (non-hydrogen) atoms. The molecular weight excluding hydrogens is 582 g/mol. The van der Waals surface area contributed by atoms with E-state index in [1.807, 2.05) is 39.8 Å². The second-order valence-corrected chi connectivity index (χ2v) is 12.3. The second kappa shape index (κ2) is 10.2. The Morgan fingerprint density at radius 3 is 2.37 bits per heavy atom. The monoisotopic (exact) mass is 613 g/mol. The molecule has 2 heterocycles. The van der Waals surface area contributed by atoms with E-state index in [2.05, 4.69) is 30.3 Å². The maximum absolute atomic E-state index is 14.7. The standard InChI is InChI=1S/C38H31NO7/c1-6-14-45-36(44)39-29-12-10-8-9-11-13-30(41)38(37(29,46-38)20(3)4)27-19-28(40)31-32(33(27)39)35(43)26-18-24-16-22(7-2)21(5)15-23(24)17-25(26)34(31)42/h6,8-9,15-20,29-30,40-41H,1,7,14H2,2-5H3/b9-8-/t29-,30-,37-,38-/m0/s1. The highest BCUT2D eigenvalue weighted by atomic mass is 16.6. The van der Waals surface area contributed by atoms with Gasteiger partial charge in [-0.25, -0.2) is 4.79 Å². The number of allylic oxidation sites excluding steroid dienone is 2. The van der Waals surface area contributed by atoms with Gasteiger partial charge >= 0.3 is 6.09 Å². The number of epoxide rings is 1. The fourth-order valence-corrected chi connectivity index (χ4v) is 7.55. The summed E-state index contributed by atoms with van der Waals surface area (Å²) in [7, 11) is 0. The molecule has 1 saturated heterocycles. The normalized spacial score (nSPS) is 25.6. The zero-order valence-corrected chi connectivity index (χ0v) is 25.9. The van der Waals surface area contributed by atoms with Gasteiger partial charge in [0, 0.05) is 16.7 Å². The first-order valence-electron chi connectivity index (χ1n) is 15.2. The Balaban J connectivity index is 1.57. The van der Waals surface area contributed by atoms with E-state index >= 15 is 0 Å². The van der Waals surface area contributed by atoms with E-state index in [1.165, 1.54) is 29.2 Å². The number of aliphatic hydroxyl groups excluding tert-OH is 1. The molecule has 4 atom stereocenters. The van der Waals surface area contributed by atoms with Gasteiger partial charge in [0.1, 0.15) is 24.0 Å². The van der Waals surface area contributed by atoms with Crippen molar-refractivity contribution in [3.8, 4) is 29.4 Å². The molecule has 2 aliphatic carbocycles. The van der Waals surface area contributed by atoms with Gasteiger partial charge in [-0.2, -0.15) is 0 Å². The fraction of sp³-hybridized carbons (Fsp3) is 0.289. The number of fused-ring (bicyclic) bond motifs is 5. The molecule has 2 N–H and O–H groups in total. The number of phenolic OH excluding ortho intramolecular Hbond substituents is 1. The van der Waals surface area contributed by atoms with Crippen LogP contribution in [-0.4, -0.2) is 52.2 Å². The third-order valence-electron chi connectivity index (χ3n) is 9.66. The Morgan fingerprint density at radius 2 is 1.72 bits per heavy atom. The van der Waals surface area contributed by atoms with Crippen molar-refractivity contribution in [2.45, 2.75) is 57.5 Å². The Morgan fingerprint density at radius 1 is 1.07 bits per heavy atom. The zero-order valence-electron chi connectivity index (χ0n) is 25.9. The van der Waals surface area contributed by atoms with Crippen LogP contribution in [0.1, 0.15) is 69.3 Å². The quantitative estimate of drug-likeness (QED) is 0.183. The molecule has 3 aromatic carbocycles. The van der Waals surface area contributed by atoms with Gasteiger partial charge in [-0.1, -0.05) is 69.2 Å². The fourth-order valence-electron chi connectivity index (χ4n) is 7.55. The van der Waals surface area contributed by atoms with Crippen LogP contribution in [0.3, 0.4) is 0 Å². The Kier molecular flexibility index (Phi) is 6.54. The van der Waals surface area contributed by atoms with Crippen LogP contribution in [-0.2, 0) is 21.5 Å². The molecular formula is C38H31NO7. The summed E-state index contributed by atoms with van der Waals surface area (Å²) in [5, 5.41) is 24.8. The van der Waals surface area contributed by atoms with E-state index in [4.69, 9.17) is 9.47 Å². The molecule has 1 amide bonds. The minimum atomic E-state index is -1.59. The molecule has 0 aromatic heterocycles. The van der Waals surface area contributed by atoms with Gasteiger partial charge in [-0.3, -0.25) is 14.5 Å². The van der Waals surface area contributed by atoms with Crippen molar-refractivity contribution < 1.29 is 34.1 Å². The summed E-state index contributed by atoms with van der Waals surface area (Å²) >= 11 is 0. The number of aromatic hydroxyl groups is 1. The van der Waals surface area contributed by atoms with Crippen molar-refractivity contribution >= 4 is 34.1 Å². The number of carbonyl (C=O) groups excluding carboxylic acids is 3. The van der Waals surface area contributed by atoms with Gasteiger partial charge in [0.15, 0.2) is 23.3 Å². The van der Waals surface area contributed by atoms with Crippen LogP contribution in [0.2, 0.25) is 0 Å². The number of amides is 1. The lowest BCUT2D eigenvalue weighted by Gasteiger charge is -2.43. The number of aliphatic hydroxyl groups is 1.